The molecule has 2 aromatic carbocycles. The van der Waals surface area contributed by atoms with Gasteiger partial charge in [0.1, 0.15) is 6.10 Å². The summed E-state index contributed by atoms with van der Waals surface area (Å²) in [5.74, 6) is 0. The molecule has 0 fully saturated rings. The zero-order chi connectivity index (χ0) is 24.2. The zero-order valence-electron chi connectivity index (χ0n) is 20.2. The van der Waals surface area contributed by atoms with Crippen LogP contribution in [0.1, 0.15) is 18.9 Å². The van der Waals surface area contributed by atoms with Crippen LogP contribution in [0.5, 0.6) is 6.01 Å². The van der Waals surface area contributed by atoms with Crippen molar-refractivity contribution in [3.63, 3.8) is 0 Å². The van der Waals surface area contributed by atoms with Crippen molar-refractivity contribution in [2.75, 3.05) is 40.1 Å². The summed E-state index contributed by atoms with van der Waals surface area (Å²) in [4.78, 5) is 4.68. The van der Waals surface area contributed by atoms with Crippen molar-refractivity contribution < 1.29 is 24.1 Å². The number of hydrogen-bond donors (Lipinski definition) is 1. The topological polar surface area (TPSA) is 75.0 Å². The van der Waals surface area contributed by atoms with Gasteiger partial charge >= 0.3 is 0 Å². The molecule has 1 aromatic heterocycles. The second-order valence-electron chi connectivity index (χ2n) is 8.23. The van der Waals surface area contributed by atoms with Crippen LogP contribution in [0.15, 0.2) is 66.7 Å². The number of rotatable bonds is 16. The Hall–Kier alpha value is -2.71. The molecule has 3 aromatic rings. The van der Waals surface area contributed by atoms with Crippen LogP contribution < -0.4 is 4.74 Å². The smallest absolute Gasteiger partial charge is 0.298 e. The number of methoxy groups -OCH3 is 1. The zero-order valence-corrected chi connectivity index (χ0v) is 20.2. The molecule has 0 aliphatic rings. The number of ether oxygens (including phenoxy) is 4. The maximum Gasteiger partial charge on any atom is 0.298 e. The van der Waals surface area contributed by atoms with Crippen molar-refractivity contribution in [2.24, 2.45) is 0 Å². The van der Waals surface area contributed by atoms with Crippen LogP contribution in [0, 0.1) is 0 Å². The summed E-state index contributed by atoms with van der Waals surface area (Å²) in [6.45, 7) is 9.12. The van der Waals surface area contributed by atoms with E-state index in [1.165, 1.54) is 5.56 Å². The van der Waals surface area contributed by atoms with Gasteiger partial charge in [0, 0.05) is 7.11 Å². The van der Waals surface area contributed by atoms with Crippen molar-refractivity contribution in [2.45, 2.75) is 38.5 Å². The molecule has 34 heavy (non-hydrogen) atoms. The number of benzene rings is 2. The van der Waals surface area contributed by atoms with Gasteiger partial charge in [-0.25, -0.2) is 0 Å². The van der Waals surface area contributed by atoms with E-state index in [1.807, 2.05) is 54.0 Å². The number of imidazole rings is 1. The predicted octanol–water partition coefficient (Wildman–Crippen LogP) is 4.03. The molecule has 0 aliphatic heterocycles. The Balaban J connectivity index is 1.63. The van der Waals surface area contributed by atoms with E-state index in [2.05, 4.69) is 23.7 Å². The molecule has 0 unspecified atom stereocenters. The molecule has 0 spiro atoms. The summed E-state index contributed by atoms with van der Waals surface area (Å²) in [7, 11) is 1.65. The molecule has 1 heterocycles. The number of aromatic nitrogens is 2. The van der Waals surface area contributed by atoms with Gasteiger partial charge in [-0.3, -0.25) is 4.57 Å². The maximum absolute atomic E-state index is 10.9. The van der Waals surface area contributed by atoms with Gasteiger partial charge in [-0.15, -0.1) is 0 Å². The number of aryl methyl sites for hydroxylation is 1. The van der Waals surface area contributed by atoms with Crippen molar-refractivity contribution >= 4 is 11.0 Å². The molecule has 7 nitrogen and oxygen atoms in total. The third kappa shape index (κ3) is 7.67. The molecule has 2 atom stereocenters. The minimum Gasteiger partial charge on any atom is -0.454 e. The highest BCUT2D eigenvalue weighted by Gasteiger charge is 2.25. The number of nitrogens with zero attached hydrogens (tertiary/aromatic N) is 2. The Bertz CT molecular complexity index is 1000. The van der Waals surface area contributed by atoms with E-state index in [1.54, 1.807) is 7.11 Å². The molecule has 0 radical (unpaired) electrons. The molecular weight excluding hydrogens is 432 g/mol. The van der Waals surface area contributed by atoms with Gasteiger partial charge in [-0.2, -0.15) is 4.98 Å². The SMILES string of the molecule is C=C(C)[C@@H](Oc1nc2ccccc2n1CCOCCOCCOC)[C@H](O)CCc1ccccc1. The molecule has 7 heteroatoms. The molecule has 0 saturated heterocycles. The van der Waals surface area contributed by atoms with E-state index < -0.39 is 12.2 Å². The predicted molar refractivity (Wildman–Crippen MR) is 133 cm³/mol. The van der Waals surface area contributed by atoms with Crippen LogP contribution in [-0.4, -0.2) is 67.0 Å². The highest BCUT2D eigenvalue weighted by Crippen LogP contribution is 2.25. The van der Waals surface area contributed by atoms with E-state index >= 15 is 0 Å². The number of fused-ring (bicyclic) bond motifs is 1. The normalized spacial score (nSPS) is 13.1. The first-order valence-electron chi connectivity index (χ1n) is 11.7. The summed E-state index contributed by atoms with van der Waals surface area (Å²) in [5.41, 5.74) is 3.72. The van der Waals surface area contributed by atoms with Gasteiger partial charge in [0.05, 0.1) is 56.7 Å². The number of aliphatic hydroxyl groups is 1. The molecule has 1 N–H and O–H groups in total. The van der Waals surface area contributed by atoms with E-state index in [9.17, 15) is 5.11 Å². The lowest BCUT2D eigenvalue weighted by Gasteiger charge is -2.24. The molecule has 0 amide bonds. The van der Waals surface area contributed by atoms with E-state index in [0.29, 0.717) is 52.0 Å². The quantitative estimate of drug-likeness (QED) is 0.253. The minimum absolute atomic E-state index is 0.452. The molecule has 184 valence electrons. The van der Waals surface area contributed by atoms with Crippen LogP contribution >= 0.6 is 0 Å². The molecule has 3 rings (SSSR count). The van der Waals surface area contributed by atoms with Crippen molar-refractivity contribution in [3.05, 3.63) is 72.3 Å². The summed E-state index contributed by atoms with van der Waals surface area (Å²) in [5, 5.41) is 10.9. The van der Waals surface area contributed by atoms with Crippen LogP contribution in [0.25, 0.3) is 11.0 Å². The average Bonchev–Trinajstić information content (AvgIpc) is 3.20. The highest BCUT2D eigenvalue weighted by atomic mass is 16.5. The lowest BCUT2D eigenvalue weighted by Crippen LogP contribution is -2.34. The Labute approximate surface area is 201 Å². The molecule has 0 saturated carbocycles. The van der Waals surface area contributed by atoms with Crippen molar-refractivity contribution in [1.29, 1.82) is 0 Å². The second-order valence-corrected chi connectivity index (χ2v) is 8.23. The first-order chi connectivity index (χ1) is 16.6. The van der Waals surface area contributed by atoms with E-state index in [4.69, 9.17) is 18.9 Å². The Kier molecular flexibility index (Phi) is 10.6. The van der Waals surface area contributed by atoms with Gasteiger partial charge in [0.25, 0.3) is 6.01 Å². The largest absolute Gasteiger partial charge is 0.454 e. The average molecular weight is 469 g/mol. The maximum atomic E-state index is 10.9. The van der Waals surface area contributed by atoms with Crippen LogP contribution in [0.4, 0.5) is 0 Å². The first kappa shape index (κ1) is 25.9. The molecule has 0 bridgehead atoms. The fourth-order valence-corrected chi connectivity index (χ4v) is 3.71. The summed E-state index contributed by atoms with van der Waals surface area (Å²) < 4.78 is 24.4. The minimum atomic E-state index is -0.702. The van der Waals surface area contributed by atoms with E-state index in [0.717, 1.165) is 23.0 Å². The highest BCUT2D eigenvalue weighted by molar-refractivity contribution is 5.76. The Morgan fingerprint density at radius 2 is 1.65 bits per heavy atom. The molecule has 0 aliphatic carbocycles. The fourth-order valence-electron chi connectivity index (χ4n) is 3.71. The van der Waals surface area contributed by atoms with Gasteiger partial charge in [-0.05, 0) is 43.0 Å². The van der Waals surface area contributed by atoms with Crippen LogP contribution in [0.3, 0.4) is 0 Å². The Morgan fingerprint density at radius 3 is 2.38 bits per heavy atom. The fraction of sp³-hybridized carbons (Fsp3) is 0.444. The number of para-hydroxylation sites is 2. The van der Waals surface area contributed by atoms with Crippen LogP contribution in [0.2, 0.25) is 0 Å². The van der Waals surface area contributed by atoms with Crippen molar-refractivity contribution in [3.8, 4) is 6.01 Å². The third-order valence-corrected chi connectivity index (χ3v) is 5.52. The van der Waals surface area contributed by atoms with Gasteiger partial charge < -0.3 is 24.1 Å². The van der Waals surface area contributed by atoms with Crippen molar-refractivity contribution in [1.82, 2.24) is 9.55 Å². The monoisotopic (exact) mass is 468 g/mol. The number of hydrogen-bond acceptors (Lipinski definition) is 6. The number of aliphatic hydroxyl groups excluding tert-OH is 1. The van der Waals surface area contributed by atoms with E-state index in [-0.39, 0.29) is 0 Å². The Morgan fingerprint density at radius 1 is 0.971 bits per heavy atom. The molecular formula is C27H36N2O5. The lowest BCUT2D eigenvalue weighted by molar-refractivity contribution is 0.0212. The van der Waals surface area contributed by atoms with Crippen LogP contribution in [-0.2, 0) is 27.2 Å². The second kappa shape index (κ2) is 13.9. The summed E-state index contributed by atoms with van der Waals surface area (Å²) in [6, 6.07) is 18.4. The third-order valence-electron chi connectivity index (χ3n) is 5.52. The van der Waals surface area contributed by atoms with Gasteiger partial charge in [0.2, 0.25) is 0 Å². The van der Waals surface area contributed by atoms with Gasteiger partial charge in [0.15, 0.2) is 0 Å². The summed E-state index contributed by atoms with van der Waals surface area (Å²) in [6.07, 6.45) is 0.0561. The first-order valence-corrected chi connectivity index (χ1v) is 11.7. The summed E-state index contributed by atoms with van der Waals surface area (Å²) >= 11 is 0. The standard InChI is InChI=1S/C27H36N2O5/c1-21(2)26(25(30)14-13-22-9-5-4-6-10-22)34-27-28-23-11-7-8-12-24(23)29(27)15-16-32-19-20-33-18-17-31-3/h4-12,25-26,30H,1,13-20H2,2-3H3/t25-,26-/m1/s1. The van der Waals surface area contributed by atoms with Gasteiger partial charge in [-0.1, -0.05) is 49.0 Å². The lowest BCUT2D eigenvalue weighted by atomic mass is 10.00.